The lowest BCUT2D eigenvalue weighted by Gasteiger charge is -2.71. The number of hydrogen-bond acceptors (Lipinski definition) is 5. The minimum Gasteiger partial charge on any atom is -0.480 e. The zero-order valence-corrected chi connectivity index (χ0v) is 24.1. The lowest BCUT2D eigenvalue weighted by Crippen LogP contribution is -2.69. The number of aliphatic hydroxyl groups is 3. The Morgan fingerprint density at radius 3 is 2.26 bits per heavy atom. The quantitative estimate of drug-likeness (QED) is 0.350. The number of rotatable bonds is 3. The number of carbonyl (C=O) groups is 2. The molecular formula is C31H49NO6. The Morgan fingerprint density at radius 1 is 0.921 bits per heavy atom. The van der Waals surface area contributed by atoms with E-state index >= 15 is 0 Å². The van der Waals surface area contributed by atoms with Crippen molar-refractivity contribution in [2.24, 2.45) is 45.3 Å². The van der Waals surface area contributed by atoms with E-state index in [9.17, 15) is 30.0 Å². The van der Waals surface area contributed by atoms with Gasteiger partial charge in [-0.2, -0.15) is 0 Å². The number of carboxylic acids is 1. The molecule has 0 aliphatic heterocycles. The van der Waals surface area contributed by atoms with Crippen molar-refractivity contribution in [3.63, 3.8) is 0 Å². The van der Waals surface area contributed by atoms with E-state index in [1.54, 1.807) is 0 Å². The first kappa shape index (κ1) is 28.1. The minimum absolute atomic E-state index is 0.0184. The fourth-order valence-electron chi connectivity index (χ4n) is 10.9. The van der Waals surface area contributed by atoms with Gasteiger partial charge in [0.15, 0.2) is 0 Å². The maximum absolute atomic E-state index is 13.8. The molecule has 11 atom stereocenters. The third-order valence-corrected chi connectivity index (χ3v) is 13.5. The molecule has 214 valence electrons. The molecule has 5 aliphatic rings. The molecule has 1 amide bonds. The number of aliphatic hydroxyl groups excluding tert-OH is 1. The van der Waals surface area contributed by atoms with Crippen molar-refractivity contribution in [2.45, 2.75) is 117 Å². The highest BCUT2D eigenvalue weighted by molar-refractivity contribution is 5.87. The second-order valence-corrected chi connectivity index (χ2v) is 14.9. The van der Waals surface area contributed by atoms with Crippen LogP contribution in [0.5, 0.6) is 0 Å². The Labute approximate surface area is 227 Å². The first-order valence-corrected chi connectivity index (χ1v) is 14.8. The maximum atomic E-state index is 13.8. The Bertz CT molecular complexity index is 1050. The van der Waals surface area contributed by atoms with Gasteiger partial charge in [0.1, 0.15) is 6.54 Å². The summed E-state index contributed by atoms with van der Waals surface area (Å²) >= 11 is 0. The molecule has 0 aromatic carbocycles. The monoisotopic (exact) mass is 531 g/mol. The molecule has 0 bridgehead atoms. The average Bonchev–Trinajstić information content (AvgIpc) is 2.83. The van der Waals surface area contributed by atoms with Crippen molar-refractivity contribution in [3.8, 4) is 0 Å². The summed E-state index contributed by atoms with van der Waals surface area (Å²) in [7, 11) is 0. The Kier molecular flexibility index (Phi) is 6.31. The van der Waals surface area contributed by atoms with E-state index in [0.717, 1.165) is 38.5 Å². The zero-order chi connectivity index (χ0) is 28.1. The highest BCUT2D eigenvalue weighted by Crippen LogP contribution is 2.75. The van der Waals surface area contributed by atoms with Crippen molar-refractivity contribution in [1.82, 2.24) is 5.32 Å². The molecular weight excluding hydrogens is 482 g/mol. The van der Waals surface area contributed by atoms with E-state index in [2.05, 4.69) is 39.1 Å². The molecule has 5 aliphatic carbocycles. The fraction of sp³-hybridized carbons (Fsp3) is 0.871. The van der Waals surface area contributed by atoms with Crippen molar-refractivity contribution in [2.75, 3.05) is 6.54 Å². The van der Waals surface area contributed by atoms with Gasteiger partial charge in [0, 0.05) is 5.92 Å². The molecule has 0 aromatic heterocycles. The predicted octanol–water partition coefficient (Wildman–Crippen LogP) is 4.05. The molecule has 3 unspecified atom stereocenters. The van der Waals surface area contributed by atoms with Crippen LogP contribution in [0.3, 0.4) is 0 Å². The number of allylic oxidation sites excluding steroid dienone is 1. The lowest BCUT2D eigenvalue weighted by molar-refractivity contribution is -0.237. The number of fused-ring (bicyclic) bond motifs is 7. The Hall–Kier alpha value is -1.44. The van der Waals surface area contributed by atoms with E-state index in [4.69, 9.17) is 0 Å². The number of nitrogens with one attached hydrogen (secondary N) is 1. The van der Waals surface area contributed by atoms with Crippen LogP contribution in [-0.4, -0.2) is 56.2 Å². The molecule has 4 saturated carbocycles. The molecule has 0 saturated heterocycles. The van der Waals surface area contributed by atoms with Crippen LogP contribution in [0.1, 0.15) is 99.3 Å². The van der Waals surface area contributed by atoms with Crippen molar-refractivity contribution in [3.05, 3.63) is 11.6 Å². The van der Waals surface area contributed by atoms with Crippen LogP contribution in [-0.2, 0) is 9.59 Å². The zero-order valence-electron chi connectivity index (χ0n) is 24.1. The fourth-order valence-corrected chi connectivity index (χ4v) is 10.9. The SMILES string of the molecule is C[C@@H]1CC[C@]2(C(=O)NCC(=O)O)CC[C@]3(C)C(=CCC4[C@@]5(C)CC[C@H](O)[C@@](C)(O)C5CC[C@]43C)C2[C@]1(C)O. The largest absolute Gasteiger partial charge is 0.480 e. The molecule has 0 spiro atoms. The summed E-state index contributed by atoms with van der Waals surface area (Å²) in [6, 6.07) is 0. The van der Waals surface area contributed by atoms with Gasteiger partial charge in [-0.3, -0.25) is 9.59 Å². The van der Waals surface area contributed by atoms with Gasteiger partial charge in [-0.1, -0.05) is 39.3 Å². The smallest absolute Gasteiger partial charge is 0.322 e. The Balaban J connectivity index is 1.60. The van der Waals surface area contributed by atoms with Crippen molar-refractivity contribution >= 4 is 11.9 Å². The molecule has 4 fully saturated rings. The highest BCUT2D eigenvalue weighted by Gasteiger charge is 2.71. The second kappa shape index (κ2) is 8.53. The standard InChI is InChI=1S/C31H49NO6/c1-18-9-14-31(25(36)32-17-23(34)35)16-15-27(3)19(24(31)29(18,5)37)7-8-20-26(2)12-11-22(33)30(6,38)21(26)10-13-28(20,27)4/h7,18,20-22,24,33,37-38H,8-17H2,1-6H3,(H,32,36)(H,34,35)/t18-,20?,21?,22+,24?,26-,27-,28-,29-,30+,31+/m1/s1. The van der Waals surface area contributed by atoms with Crippen molar-refractivity contribution < 1.29 is 30.0 Å². The molecule has 0 heterocycles. The van der Waals surface area contributed by atoms with Crippen LogP contribution in [0.4, 0.5) is 0 Å². The van der Waals surface area contributed by atoms with Gasteiger partial charge >= 0.3 is 5.97 Å². The highest BCUT2D eigenvalue weighted by atomic mass is 16.4. The van der Waals surface area contributed by atoms with Gasteiger partial charge in [-0.15, -0.1) is 0 Å². The molecule has 38 heavy (non-hydrogen) atoms. The van der Waals surface area contributed by atoms with Gasteiger partial charge in [0.25, 0.3) is 0 Å². The third kappa shape index (κ3) is 3.43. The van der Waals surface area contributed by atoms with Crippen molar-refractivity contribution in [1.29, 1.82) is 0 Å². The van der Waals surface area contributed by atoms with Gasteiger partial charge in [0.2, 0.25) is 5.91 Å². The van der Waals surface area contributed by atoms with Crippen LogP contribution in [0, 0.1) is 45.3 Å². The summed E-state index contributed by atoms with van der Waals surface area (Å²) in [6.07, 6.45) is 8.52. The van der Waals surface area contributed by atoms with E-state index in [0.29, 0.717) is 25.2 Å². The summed E-state index contributed by atoms with van der Waals surface area (Å²) in [5, 5.41) is 46.2. The average molecular weight is 532 g/mol. The van der Waals surface area contributed by atoms with Crippen LogP contribution >= 0.6 is 0 Å². The summed E-state index contributed by atoms with van der Waals surface area (Å²) in [5.74, 6) is -1.30. The number of amides is 1. The van der Waals surface area contributed by atoms with E-state index in [-0.39, 0.29) is 39.9 Å². The number of carbonyl (C=O) groups excluding carboxylic acids is 1. The second-order valence-electron chi connectivity index (χ2n) is 14.9. The molecule has 5 N–H and O–H groups in total. The third-order valence-electron chi connectivity index (χ3n) is 13.5. The number of hydrogen-bond donors (Lipinski definition) is 5. The predicted molar refractivity (Wildman–Crippen MR) is 144 cm³/mol. The topological polar surface area (TPSA) is 127 Å². The first-order chi connectivity index (χ1) is 17.5. The summed E-state index contributed by atoms with van der Waals surface area (Å²) in [6.45, 7) is 12.4. The van der Waals surface area contributed by atoms with Gasteiger partial charge in [-0.05, 0) is 106 Å². The van der Waals surface area contributed by atoms with Gasteiger partial charge in [0.05, 0.1) is 22.7 Å². The first-order valence-electron chi connectivity index (χ1n) is 14.8. The van der Waals surface area contributed by atoms with E-state index in [1.165, 1.54) is 5.57 Å². The summed E-state index contributed by atoms with van der Waals surface area (Å²) in [5.41, 5.74) is -2.25. The van der Waals surface area contributed by atoms with Gasteiger partial charge in [-0.25, -0.2) is 0 Å². The Morgan fingerprint density at radius 2 is 1.61 bits per heavy atom. The lowest BCUT2D eigenvalue weighted by atomic mass is 9.33. The normalized spacial score (nSPS) is 53.9. The molecule has 0 aromatic rings. The van der Waals surface area contributed by atoms with Crippen LogP contribution in [0.2, 0.25) is 0 Å². The maximum Gasteiger partial charge on any atom is 0.322 e. The molecule has 0 radical (unpaired) electrons. The summed E-state index contributed by atoms with van der Waals surface area (Å²) in [4.78, 5) is 25.1. The number of carboxylic acid groups (broad SMARTS) is 1. The van der Waals surface area contributed by atoms with E-state index < -0.39 is 35.2 Å². The molecule has 5 rings (SSSR count). The van der Waals surface area contributed by atoms with E-state index in [1.807, 2.05) is 13.8 Å². The van der Waals surface area contributed by atoms with Crippen LogP contribution in [0.25, 0.3) is 0 Å². The number of aliphatic carboxylic acids is 1. The minimum atomic E-state index is -1.11. The van der Waals surface area contributed by atoms with Crippen LogP contribution in [0.15, 0.2) is 11.6 Å². The summed E-state index contributed by atoms with van der Waals surface area (Å²) < 4.78 is 0. The van der Waals surface area contributed by atoms with Gasteiger partial charge < -0.3 is 25.7 Å². The molecule has 7 nitrogen and oxygen atoms in total. The molecule has 7 heteroatoms. The van der Waals surface area contributed by atoms with Crippen LogP contribution < -0.4 is 5.32 Å².